The van der Waals surface area contributed by atoms with E-state index >= 15 is 0 Å². The number of carbonyl (C=O) groups excluding carboxylic acids is 4. The predicted molar refractivity (Wildman–Crippen MR) is 531 cm³/mol. The van der Waals surface area contributed by atoms with Crippen LogP contribution in [-0.4, -0.2) is 243 Å². The molecule has 15 atom stereocenters. The number of nitrogens with two attached hydrogens (primary N) is 4. The number of anilines is 2. The van der Waals surface area contributed by atoms with Crippen LogP contribution < -0.4 is 31.2 Å². The van der Waals surface area contributed by atoms with E-state index < -0.39 is 144 Å². The number of aliphatic hydroxyl groups excluding tert-OH is 6. The van der Waals surface area contributed by atoms with Gasteiger partial charge in [-0.25, -0.2) is 69.2 Å². The summed E-state index contributed by atoms with van der Waals surface area (Å²) < 4.78 is 143. The fourth-order valence-corrected chi connectivity index (χ4v) is 20.5. The molecule has 0 aliphatic heterocycles. The van der Waals surface area contributed by atoms with Gasteiger partial charge in [-0.3, -0.25) is 50.0 Å². The second-order valence-corrected chi connectivity index (χ2v) is 42.8. The average molecular weight is 2310 g/mol. The number of fused-ring (bicyclic) bond motifs is 1. The molecule has 13 aromatic rings. The molecule has 5 aromatic carbocycles. The van der Waals surface area contributed by atoms with E-state index in [4.69, 9.17) is 55.4 Å². The molecule has 54 heteroatoms. The largest absolute Gasteiger partial charge is 0.393 e. The van der Waals surface area contributed by atoms with Crippen LogP contribution in [0.2, 0.25) is 15.3 Å². The third-order valence-electron chi connectivity index (χ3n) is 24.4. The molecule has 145 heavy (non-hydrogen) atoms. The smallest absolute Gasteiger partial charge is 0.333 e. The number of alkyl halides is 1. The molecule has 0 radical (unpaired) electrons. The molecule has 16 N–H and O–H groups in total. The Morgan fingerprint density at radius 3 is 1.48 bits per heavy atom. The number of hydrogen-bond donors (Lipinski definition) is 12. The van der Waals surface area contributed by atoms with Crippen LogP contribution in [0.3, 0.4) is 0 Å². The van der Waals surface area contributed by atoms with Crippen LogP contribution in [0.4, 0.5) is 20.4 Å². The van der Waals surface area contributed by atoms with Gasteiger partial charge in [0.05, 0.1) is 128 Å². The maximum absolute atomic E-state index is 14.8. The first-order valence-electron chi connectivity index (χ1n) is 44.2. The topological polar surface area (TPSA) is 653 Å². The molecule has 0 spiro atoms. The van der Waals surface area contributed by atoms with Gasteiger partial charge in [-0.05, 0) is 185 Å². The number of aromatic nitrogens is 15. The van der Waals surface area contributed by atoms with E-state index in [0.29, 0.717) is 67.4 Å². The number of rotatable bonds is 36. The molecule has 0 amide bonds. The number of nitrogens with zero attached hydrogens (tertiary/aromatic N) is 15. The molecule has 8 aromatic heterocycles. The van der Waals surface area contributed by atoms with Crippen molar-refractivity contribution in [3.8, 4) is 0 Å². The van der Waals surface area contributed by atoms with E-state index in [-0.39, 0.29) is 130 Å². The molecule has 0 saturated heterocycles. The summed E-state index contributed by atoms with van der Waals surface area (Å²) in [6, 6.07) is 37.9. The van der Waals surface area contributed by atoms with Gasteiger partial charge in [0.25, 0.3) is 0 Å². The van der Waals surface area contributed by atoms with Crippen molar-refractivity contribution in [3.05, 3.63) is 310 Å². The Morgan fingerprint density at radius 2 is 0.910 bits per heavy atom. The van der Waals surface area contributed by atoms with Crippen molar-refractivity contribution in [1.29, 1.82) is 0 Å². The van der Waals surface area contributed by atoms with Crippen molar-refractivity contribution < 1.29 is 109 Å². The number of nitrogens with one attached hydrogen (secondary N) is 2. The Hall–Kier alpha value is -11.0. The van der Waals surface area contributed by atoms with E-state index in [1.807, 2.05) is 78.9 Å². The van der Waals surface area contributed by atoms with Crippen molar-refractivity contribution in [2.45, 2.75) is 126 Å². The van der Waals surface area contributed by atoms with Crippen LogP contribution in [0, 0.1) is 44.9 Å². The zero-order chi connectivity index (χ0) is 104. The van der Waals surface area contributed by atoms with Gasteiger partial charge < -0.3 is 45.8 Å². The van der Waals surface area contributed by atoms with Crippen LogP contribution in [-0.2, 0) is 97.0 Å². The quantitative estimate of drug-likeness (QED) is 0.0142. The molecule has 768 valence electrons. The lowest BCUT2D eigenvalue weighted by Gasteiger charge is -2.19. The van der Waals surface area contributed by atoms with Gasteiger partial charge in [0.2, 0.25) is 23.1 Å². The number of halogens is 7. The molecule has 4 aliphatic rings. The molecule has 0 bridgehead atoms. The van der Waals surface area contributed by atoms with Crippen molar-refractivity contribution in [1.82, 2.24) is 73.8 Å². The van der Waals surface area contributed by atoms with Crippen molar-refractivity contribution in [2.24, 2.45) is 56.1 Å². The first-order valence-corrected chi connectivity index (χ1v) is 53.1. The first-order chi connectivity index (χ1) is 68.8. The minimum absolute atomic E-state index is 0.00611. The summed E-state index contributed by atoms with van der Waals surface area (Å²) in [5.41, 5.74) is 5.93. The molecule has 0 unspecified atom stereocenters. The molecule has 17 rings (SSSR count). The SMILES string of the molecule is NS(=O)(=O)OC[C@H]1C[C@@H](Cc2ncncc2C(=O)c2ccn(Cc3cc(I)ccc3Cl)n2)C[C@@H]1O.NS(=O)(=O)OC[C@H]1C[C@@H](Cc2ncncc2C(=O)c2ccn(Cc3ccc(F)cc3)n2)[C@H](O)[C@@H]1O.NS(=O)(=O)OC[C@H]1C[C@@H](Nc2ncncc2C(=O)c2cc(Cl)n(Cc3cccc(Br)c3)c2Cl)[C@@H](F)[C@@H]1O.NS(=O)(=O)OC[C@H]1C[C@@H](Nc2ncncc2C(=O)c2ccn(Cc3ccc4ccccc4c3)n2)[C@H](O)[C@@H]1O. The van der Waals surface area contributed by atoms with Crippen molar-refractivity contribution in [2.75, 3.05) is 37.1 Å². The normalized spacial score (nSPS) is 21.5. The van der Waals surface area contributed by atoms with E-state index in [2.05, 4.69) is 127 Å². The van der Waals surface area contributed by atoms with Gasteiger partial charge in [0, 0.05) is 86.7 Å². The van der Waals surface area contributed by atoms with Gasteiger partial charge in [-0.2, -0.15) is 49.0 Å². The van der Waals surface area contributed by atoms with Crippen molar-refractivity contribution >= 4 is 160 Å². The molecule has 4 saturated carbocycles. The summed E-state index contributed by atoms with van der Waals surface area (Å²) in [5, 5.41) is 104. The Labute approximate surface area is 865 Å². The molecular weight excluding hydrogens is 2220 g/mol. The lowest BCUT2D eigenvalue weighted by molar-refractivity contribution is -0.00334. The van der Waals surface area contributed by atoms with Gasteiger partial charge in [-0.1, -0.05) is 111 Å². The van der Waals surface area contributed by atoms with Gasteiger partial charge in [0.1, 0.15) is 82.4 Å². The highest BCUT2D eigenvalue weighted by molar-refractivity contribution is 14.1. The zero-order valence-corrected chi connectivity index (χ0v) is 85.1. The lowest BCUT2D eigenvalue weighted by Crippen LogP contribution is -2.36. The highest BCUT2D eigenvalue weighted by atomic mass is 127. The van der Waals surface area contributed by atoms with Crippen LogP contribution in [0.1, 0.15) is 130 Å². The fraction of sp³-hybridized carbons (Fsp3) is 0.330. The third kappa shape index (κ3) is 29.8. The standard InChI is InChI=1S/C25H26N6O6S.C22H21BrCl2FN5O5S.C22H23ClIN5O5S.C22H24FN5O6S/c26-38(35,36)37-13-18-10-21(24(34)22(18)32)29-25-19(11-27-14-28-25)23(33)20-7-8-31(30-20)12-15-5-6-16-3-1-2-4-17(16)9-15;23-13-3-1-2-11(4-13)8-31-17(24)6-14(21(31)25)20(33)15-7-28-10-29-22(15)30-16-5-12(19(32)18(16)26)9-36-37(27,34)35;23-18-2-1-16(24)8-14(18)10-29-4-3-19(28-29)22(31)17-9-26-12-27-20(17)6-13-5-15(21(30)7-13)11-34-35(25,32)33;23-16-3-1-13(2-4-16)10-28-6-5-18(27-28)22(31)17-9-25-12-26-19(17)8-14-7-15(21(30)20(14)29)11-34-35(24,32)33/h1-9,11,14,18,21-22,24,32,34H,10,12-13H2,(H2,26,35,36)(H,27,28,29);1-4,6-7,10,12,16,18-19,32H,5,8-9H2,(H2,27,34,35)(H,28,29,30);1-4,8-9,12-13,15,21,30H,5-7,10-11H2,(H2,25,32,33);1-6,9,12,14-15,20-21,29-30H,7-8,10-11H2,(H2,24,32,33)/t18-,21-,22-,24+;12-,16-,18-,19-;13-,15+,21-;14-,15+,20-,21+/m1100/s1. The highest BCUT2D eigenvalue weighted by Gasteiger charge is 2.47. The minimum Gasteiger partial charge on any atom is -0.393 e. The number of ketones is 4. The Balaban J connectivity index is 0.000000153. The first kappa shape index (κ1) is 110. The van der Waals surface area contributed by atoms with E-state index in [1.165, 1.54) is 68.3 Å². The summed E-state index contributed by atoms with van der Waals surface area (Å²) in [5.74, 6) is -4.97. The molecule has 8 heterocycles. The lowest BCUT2D eigenvalue weighted by atomic mass is 9.95. The summed E-state index contributed by atoms with van der Waals surface area (Å²) >= 11 is 24.8. The van der Waals surface area contributed by atoms with E-state index in [1.54, 1.807) is 67.5 Å². The van der Waals surface area contributed by atoms with Crippen LogP contribution in [0.15, 0.2) is 207 Å². The molecule has 4 aliphatic carbocycles. The average Bonchev–Trinajstić information content (AvgIpc) is 1.65. The van der Waals surface area contributed by atoms with Crippen molar-refractivity contribution in [3.63, 3.8) is 0 Å². The van der Waals surface area contributed by atoms with Gasteiger partial charge in [-0.15, -0.1) is 0 Å². The number of aliphatic hydroxyl groups is 6. The summed E-state index contributed by atoms with van der Waals surface area (Å²) in [7, 11) is -16.7. The van der Waals surface area contributed by atoms with Gasteiger partial charge >= 0.3 is 41.2 Å². The number of hydrogen-bond acceptors (Lipinski definition) is 35. The second kappa shape index (κ2) is 48.4. The molecule has 4 fully saturated rings. The zero-order valence-electron chi connectivity index (χ0n) is 75.8. The Kier molecular flexibility index (Phi) is 36.6. The molecular formula is C91H94BrCl3F2IN21O22S4. The van der Waals surface area contributed by atoms with Crippen LogP contribution in [0.25, 0.3) is 10.8 Å². The maximum atomic E-state index is 14.8. The number of benzene rings is 5. The fourth-order valence-electron chi connectivity index (χ4n) is 17.3. The summed E-state index contributed by atoms with van der Waals surface area (Å²) in [4.78, 5) is 85.7. The minimum atomic E-state index is -4.25. The van der Waals surface area contributed by atoms with Crippen LogP contribution in [0.5, 0.6) is 0 Å². The predicted octanol–water partition coefficient (Wildman–Crippen LogP) is 6.77. The van der Waals surface area contributed by atoms with E-state index in [0.717, 1.165) is 41.1 Å². The van der Waals surface area contributed by atoms with E-state index in [9.17, 15) is 92.3 Å². The van der Waals surface area contributed by atoms with Gasteiger partial charge in [0.15, 0.2) is 0 Å². The second-order valence-electron chi connectivity index (χ2n) is 34.6. The summed E-state index contributed by atoms with van der Waals surface area (Å²) in [6.07, 6.45) is 8.51. The Morgan fingerprint density at radius 1 is 0.448 bits per heavy atom. The summed E-state index contributed by atoms with van der Waals surface area (Å²) in [6.45, 7) is 0.119. The third-order valence-corrected chi connectivity index (χ3v) is 28.5. The highest BCUT2D eigenvalue weighted by Crippen LogP contribution is 2.40. The Bertz CT molecular complexity index is 7350. The monoisotopic (exact) mass is 2310 g/mol. The molecule has 43 nitrogen and oxygen atoms in total. The number of carbonyl (C=O) groups is 4. The van der Waals surface area contributed by atoms with Crippen LogP contribution >= 0.6 is 73.3 Å². The maximum Gasteiger partial charge on any atom is 0.333 e.